The van der Waals surface area contributed by atoms with Gasteiger partial charge >= 0.3 is 0 Å². The number of hydrogen-bond acceptors (Lipinski definition) is 3. The van der Waals surface area contributed by atoms with E-state index in [4.69, 9.17) is 0 Å². The number of hydrogen-bond donors (Lipinski definition) is 2. The first-order chi connectivity index (χ1) is 9.43. The van der Waals surface area contributed by atoms with Crippen LogP contribution in [0.25, 0.3) is 0 Å². The van der Waals surface area contributed by atoms with E-state index >= 15 is 0 Å². The van der Waals surface area contributed by atoms with Crippen molar-refractivity contribution >= 4 is 11.3 Å². The number of rotatable bonds is 5. The number of benzene rings is 1. The van der Waals surface area contributed by atoms with E-state index in [-0.39, 0.29) is 6.04 Å². The van der Waals surface area contributed by atoms with Gasteiger partial charge in [0.1, 0.15) is 0 Å². The van der Waals surface area contributed by atoms with Crippen LogP contribution in [0, 0.1) is 0 Å². The standard InChI is InChI=1S/C15H15N3S/c1-2-5-12(6-3-1)15(14-7-4-8-19-14)17-10-13-9-16-11-18-13/h1-9,11,15,17H,10H2,(H,16,18). The van der Waals surface area contributed by atoms with Crippen LogP contribution in [0.2, 0.25) is 0 Å². The Hall–Kier alpha value is -1.91. The van der Waals surface area contributed by atoms with Crippen molar-refractivity contribution in [3.8, 4) is 0 Å². The van der Waals surface area contributed by atoms with E-state index in [1.165, 1.54) is 10.4 Å². The minimum absolute atomic E-state index is 0.226. The highest BCUT2D eigenvalue weighted by Crippen LogP contribution is 2.26. The lowest BCUT2D eigenvalue weighted by atomic mass is 10.1. The molecule has 3 aromatic rings. The highest BCUT2D eigenvalue weighted by Gasteiger charge is 2.14. The molecule has 3 rings (SSSR count). The Morgan fingerprint density at radius 2 is 2.05 bits per heavy atom. The molecular weight excluding hydrogens is 254 g/mol. The van der Waals surface area contributed by atoms with Crippen LogP contribution in [0.3, 0.4) is 0 Å². The Bertz CT molecular complexity index is 588. The van der Waals surface area contributed by atoms with Gasteiger partial charge in [-0.2, -0.15) is 0 Å². The largest absolute Gasteiger partial charge is 0.347 e. The number of imidazole rings is 1. The lowest BCUT2D eigenvalue weighted by Crippen LogP contribution is -2.21. The van der Waals surface area contributed by atoms with Crippen molar-refractivity contribution in [2.45, 2.75) is 12.6 Å². The van der Waals surface area contributed by atoms with Crippen LogP contribution in [-0.2, 0) is 6.54 Å². The summed E-state index contributed by atoms with van der Waals surface area (Å²) in [4.78, 5) is 8.49. The van der Waals surface area contributed by atoms with Crippen LogP contribution in [0.4, 0.5) is 0 Å². The molecule has 0 spiro atoms. The van der Waals surface area contributed by atoms with Crippen molar-refractivity contribution < 1.29 is 0 Å². The third kappa shape index (κ3) is 2.92. The van der Waals surface area contributed by atoms with Crippen LogP contribution in [0.15, 0.2) is 60.4 Å². The molecule has 0 aliphatic heterocycles. The number of nitrogens with one attached hydrogen (secondary N) is 2. The van der Waals surface area contributed by atoms with Crippen LogP contribution >= 0.6 is 11.3 Å². The zero-order valence-corrected chi connectivity index (χ0v) is 11.2. The minimum Gasteiger partial charge on any atom is -0.347 e. The Balaban J connectivity index is 1.81. The number of thiophene rings is 1. The predicted octanol–water partition coefficient (Wildman–Crippen LogP) is 3.35. The smallest absolute Gasteiger partial charge is 0.0922 e. The van der Waals surface area contributed by atoms with Gasteiger partial charge in [-0.25, -0.2) is 4.98 Å². The summed E-state index contributed by atoms with van der Waals surface area (Å²) in [5.74, 6) is 0. The fourth-order valence-corrected chi connectivity index (χ4v) is 2.90. The molecule has 0 aliphatic carbocycles. The van der Waals surface area contributed by atoms with E-state index in [0.717, 1.165) is 12.2 Å². The first-order valence-electron chi connectivity index (χ1n) is 6.22. The summed E-state index contributed by atoms with van der Waals surface area (Å²) >= 11 is 1.77. The van der Waals surface area contributed by atoms with Crippen molar-refractivity contribution in [1.82, 2.24) is 15.3 Å². The molecule has 2 heterocycles. The zero-order chi connectivity index (χ0) is 12.9. The van der Waals surface area contributed by atoms with Gasteiger partial charge in [0.25, 0.3) is 0 Å². The number of aromatic nitrogens is 2. The number of nitrogens with zero attached hydrogens (tertiary/aromatic N) is 1. The lowest BCUT2D eigenvalue weighted by Gasteiger charge is -2.17. The van der Waals surface area contributed by atoms with Gasteiger partial charge in [-0.05, 0) is 17.0 Å². The molecular formula is C15H15N3S. The molecule has 2 N–H and O–H groups in total. The maximum Gasteiger partial charge on any atom is 0.0922 e. The summed E-state index contributed by atoms with van der Waals surface area (Å²) in [7, 11) is 0. The average molecular weight is 269 g/mol. The second-order valence-electron chi connectivity index (χ2n) is 4.32. The molecule has 96 valence electrons. The first-order valence-corrected chi connectivity index (χ1v) is 7.10. The molecule has 1 atom stereocenters. The normalized spacial score (nSPS) is 12.4. The van der Waals surface area contributed by atoms with E-state index < -0.39 is 0 Å². The number of H-pyrrole nitrogens is 1. The fraction of sp³-hybridized carbons (Fsp3) is 0.133. The third-order valence-corrected chi connectivity index (χ3v) is 3.95. The summed E-state index contributed by atoms with van der Waals surface area (Å²) in [6.45, 7) is 0.775. The Labute approximate surface area is 116 Å². The molecule has 0 saturated carbocycles. The molecule has 0 radical (unpaired) electrons. The monoisotopic (exact) mass is 269 g/mol. The number of aromatic amines is 1. The topological polar surface area (TPSA) is 40.7 Å². The van der Waals surface area contributed by atoms with Crippen LogP contribution < -0.4 is 5.32 Å². The molecule has 0 amide bonds. The van der Waals surface area contributed by atoms with Gasteiger partial charge < -0.3 is 4.98 Å². The van der Waals surface area contributed by atoms with Gasteiger partial charge in [0, 0.05) is 23.3 Å². The summed E-state index contributed by atoms with van der Waals surface area (Å²) in [5, 5.41) is 5.69. The highest BCUT2D eigenvalue weighted by molar-refractivity contribution is 7.10. The Kier molecular flexibility index (Phi) is 3.72. The van der Waals surface area contributed by atoms with Crippen molar-refractivity contribution in [2.75, 3.05) is 0 Å². The molecule has 19 heavy (non-hydrogen) atoms. The Morgan fingerprint density at radius 1 is 1.16 bits per heavy atom. The molecule has 1 unspecified atom stereocenters. The third-order valence-electron chi connectivity index (χ3n) is 3.01. The predicted molar refractivity (Wildman–Crippen MR) is 78.0 cm³/mol. The second kappa shape index (κ2) is 5.82. The summed E-state index contributed by atoms with van der Waals surface area (Å²) in [6, 6.07) is 15.0. The van der Waals surface area contributed by atoms with Crippen molar-refractivity contribution in [2.24, 2.45) is 0 Å². The van der Waals surface area contributed by atoms with Gasteiger partial charge in [-0.1, -0.05) is 36.4 Å². The van der Waals surface area contributed by atoms with Crippen molar-refractivity contribution in [3.05, 3.63) is 76.5 Å². The van der Waals surface area contributed by atoms with Gasteiger partial charge in [-0.3, -0.25) is 5.32 Å². The Morgan fingerprint density at radius 3 is 2.74 bits per heavy atom. The van der Waals surface area contributed by atoms with Gasteiger partial charge in [0.2, 0.25) is 0 Å². The summed E-state index contributed by atoms with van der Waals surface area (Å²) in [5.41, 5.74) is 2.38. The zero-order valence-electron chi connectivity index (χ0n) is 10.4. The van der Waals surface area contributed by atoms with E-state index in [2.05, 4.69) is 57.1 Å². The summed E-state index contributed by atoms with van der Waals surface area (Å²) in [6.07, 6.45) is 3.56. The minimum atomic E-state index is 0.226. The molecule has 4 heteroatoms. The lowest BCUT2D eigenvalue weighted by molar-refractivity contribution is 0.606. The van der Waals surface area contributed by atoms with E-state index in [0.29, 0.717) is 0 Å². The molecule has 0 fully saturated rings. The van der Waals surface area contributed by atoms with E-state index in [1.807, 2.05) is 12.3 Å². The molecule has 2 aromatic heterocycles. The first kappa shape index (κ1) is 12.1. The van der Waals surface area contributed by atoms with Gasteiger partial charge in [0.15, 0.2) is 0 Å². The van der Waals surface area contributed by atoms with E-state index in [9.17, 15) is 0 Å². The molecule has 0 saturated heterocycles. The highest BCUT2D eigenvalue weighted by atomic mass is 32.1. The second-order valence-corrected chi connectivity index (χ2v) is 5.30. The van der Waals surface area contributed by atoms with Crippen LogP contribution in [-0.4, -0.2) is 9.97 Å². The molecule has 3 nitrogen and oxygen atoms in total. The fourth-order valence-electron chi connectivity index (χ4n) is 2.08. The van der Waals surface area contributed by atoms with Crippen LogP contribution in [0.1, 0.15) is 22.2 Å². The van der Waals surface area contributed by atoms with Crippen molar-refractivity contribution in [1.29, 1.82) is 0 Å². The van der Waals surface area contributed by atoms with Crippen LogP contribution in [0.5, 0.6) is 0 Å². The maximum atomic E-state index is 4.04. The quantitative estimate of drug-likeness (QED) is 0.745. The molecule has 0 aliphatic rings. The van der Waals surface area contributed by atoms with Gasteiger partial charge in [-0.15, -0.1) is 11.3 Å². The molecule has 1 aromatic carbocycles. The maximum absolute atomic E-state index is 4.04. The average Bonchev–Trinajstić information content (AvgIpc) is 3.13. The van der Waals surface area contributed by atoms with Gasteiger partial charge in [0.05, 0.1) is 12.4 Å². The summed E-state index contributed by atoms with van der Waals surface area (Å²) < 4.78 is 0. The van der Waals surface area contributed by atoms with Crippen molar-refractivity contribution in [3.63, 3.8) is 0 Å². The molecule has 0 bridgehead atoms. The van der Waals surface area contributed by atoms with E-state index in [1.54, 1.807) is 17.7 Å². The SMILES string of the molecule is c1ccc(C(NCc2cnc[nH]2)c2cccs2)cc1.